The highest BCUT2D eigenvalue weighted by Gasteiger charge is 2.32. The predicted octanol–water partition coefficient (Wildman–Crippen LogP) is 2.59. The zero-order valence-corrected chi connectivity index (χ0v) is 19.8. The normalized spacial score (nSPS) is 26.5. The second kappa shape index (κ2) is 10.2. The molecule has 0 bridgehead atoms. The average Bonchev–Trinajstić information content (AvgIpc) is 3.36. The summed E-state index contributed by atoms with van der Waals surface area (Å²) in [5.41, 5.74) is 2.28. The van der Waals surface area contributed by atoms with Gasteiger partial charge in [-0.2, -0.15) is 0 Å². The second-order valence-electron chi connectivity index (χ2n) is 7.71. The number of rotatable bonds is 4. The molecule has 162 valence electrons. The van der Waals surface area contributed by atoms with E-state index in [1.54, 1.807) is 7.11 Å². The summed E-state index contributed by atoms with van der Waals surface area (Å²) in [6, 6.07) is 4.19. The number of methoxy groups -OCH3 is 1. The molecule has 3 aliphatic rings. The quantitative estimate of drug-likeness (QED) is 0.377. The van der Waals surface area contributed by atoms with Gasteiger partial charge in [0, 0.05) is 50.8 Å². The number of benzene rings is 1. The van der Waals surface area contributed by atoms with Crippen LogP contribution >= 0.6 is 24.0 Å². The minimum absolute atomic E-state index is 0. The van der Waals surface area contributed by atoms with Crippen LogP contribution in [0.25, 0.3) is 0 Å². The van der Waals surface area contributed by atoms with Gasteiger partial charge in [-0.05, 0) is 31.9 Å². The number of nitrogens with one attached hydrogen (secondary N) is 1. The van der Waals surface area contributed by atoms with Crippen molar-refractivity contribution >= 4 is 29.9 Å². The number of nitrogens with zero attached hydrogens (tertiary/aromatic N) is 2. The Labute approximate surface area is 190 Å². The zero-order chi connectivity index (χ0) is 19.5. The molecule has 0 amide bonds. The number of fused-ring (bicyclic) bond motifs is 1. The molecule has 4 rings (SSSR count). The number of morpholine rings is 1. The summed E-state index contributed by atoms with van der Waals surface area (Å²) in [6.07, 6.45) is 3.67. The molecule has 8 heteroatoms. The van der Waals surface area contributed by atoms with Crippen LogP contribution in [0.15, 0.2) is 17.1 Å². The number of hydrogen-bond acceptors (Lipinski definition) is 5. The number of ether oxygens (including phenoxy) is 4. The Morgan fingerprint density at radius 2 is 2.10 bits per heavy atom. The van der Waals surface area contributed by atoms with E-state index in [9.17, 15) is 0 Å². The third-order valence-corrected chi connectivity index (χ3v) is 5.72. The predicted molar refractivity (Wildman–Crippen MR) is 123 cm³/mol. The highest BCUT2D eigenvalue weighted by molar-refractivity contribution is 14.0. The molecule has 3 aliphatic heterocycles. The van der Waals surface area contributed by atoms with Gasteiger partial charge >= 0.3 is 0 Å². The number of aliphatic imine (C=N–C) groups is 1. The standard InChI is InChI=1S/C21H31N3O4.HI/c1-14-9-15-10-18(25-3)16(11-19(15)28-14)12-23-21(22-2)24-6-8-27-20(13-24)17-5-4-7-26-17;/h10-11,14,17,20H,4-9,12-13H2,1-3H3,(H,22,23);1H. The molecule has 0 aromatic heterocycles. The van der Waals surface area contributed by atoms with Crippen LogP contribution in [0.5, 0.6) is 11.5 Å². The van der Waals surface area contributed by atoms with Crippen LogP contribution in [0.3, 0.4) is 0 Å². The van der Waals surface area contributed by atoms with E-state index in [4.69, 9.17) is 18.9 Å². The monoisotopic (exact) mass is 517 g/mol. The Hall–Kier alpha value is -1.26. The molecular formula is C21H32IN3O4. The summed E-state index contributed by atoms with van der Waals surface area (Å²) in [4.78, 5) is 6.75. The van der Waals surface area contributed by atoms with E-state index in [2.05, 4.69) is 34.3 Å². The Morgan fingerprint density at radius 3 is 2.83 bits per heavy atom. The third-order valence-electron chi connectivity index (χ3n) is 5.72. The fourth-order valence-electron chi connectivity index (χ4n) is 4.30. The van der Waals surface area contributed by atoms with E-state index in [1.165, 1.54) is 5.56 Å². The van der Waals surface area contributed by atoms with Gasteiger partial charge in [0.15, 0.2) is 5.96 Å². The van der Waals surface area contributed by atoms with Crippen molar-refractivity contribution in [3.8, 4) is 11.5 Å². The summed E-state index contributed by atoms with van der Waals surface area (Å²) in [5, 5.41) is 3.49. The van der Waals surface area contributed by atoms with Gasteiger partial charge in [0.2, 0.25) is 0 Å². The number of hydrogen-bond donors (Lipinski definition) is 1. The lowest BCUT2D eigenvalue weighted by atomic mass is 10.1. The molecule has 0 spiro atoms. The third kappa shape index (κ3) is 5.08. The fourth-order valence-corrected chi connectivity index (χ4v) is 4.30. The van der Waals surface area contributed by atoms with Gasteiger partial charge in [0.1, 0.15) is 23.7 Å². The molecule has 1 aromatic carbocycles. The van der Waals surface area contributed by atoms with Crippen LogP contribution < -0.4 is 14.8 Å². The molecule has 0 saturated carbocycles. The smallest absolute Gasteiger partial charge is 0.194 e. The molecule has 1 aromatic rings. The Balaban J connectivity index is 0.00000240. The summed E-state index contributed by atoms with van der Waals surface area (Å²) >= 11 is 0. The zero-order valence-electron chi connectivity index (χ0n) is 17.5. The van der Waals surface area contributed by atoms with Crippen molar-refractivity contribution in [2.45, 2.75) is 51.0 Å². The Morgan fingerprint density at radius 1 is 1.28 bits per heavy atom. The first-order valence-electron chi connectivity index (χ1n) is 10.2. The van der Waals surface area contributed by atoms with Gasteiger partial charge in [-0.1, -0.05) is 0 Å². The number of halogens is 1. The van der Waals surface area contributed by atoms with Crippen LogP contribution in [0, 0.1) is 0 Å². The van der Waals surface area contributed by atoms with Gasteiger partial charge in [0.05, 0.1) is 19.8 Å². The summed E-state index contributed by atoms with van der Waals surface area (Å²) in [7, 11) is 3.54. The van der Waals surface area contributed by atoms with E-state index in [0.29, 0.717) is 13.2 Å². The molecule has 3 heterocycles. The van der Waals surface area contributed by atoms with Crippen molar-refractivity contribution in [1.29, 1.82) is 0 Å². The maximum absolute atomic E-state index is 5.96. The minimum atomic E-state index is 0. The summed E-state index contributed by atoms with van der Waals surface area (Å²) in [5.74, 6) is 2.73. The topological polar surface area (TPSA) is 64.6 Å². The maximum Gasteiger partial charge on any atom is 0.194 e. The van der Waals surface area contributed by atoms with Crippen LogP contribution in [0.4, 0.5) is 0 Å². The minimum Gasteiger partial charge on any atom is -0.496 e. The molecule has 1 N–H and O–H groups in total. The van der Waals surface area contributed by atoms with Gasteiger partial charge < -0.3 is 29.2 Å². The van der Waals surface area contributed by atoms with E-state index in [1.807, 2.05) is 7.05 Å². The Kier molecular flexibility index (Phi) is 7.86. The van der Waals surface area contributed by atoms with Crippen molar-refractivity contribution in [3.05, 3.63) is 23.3 Å². The van der Waals surface area contributed by atoms with Crippen molar-refractivity contribution in [2.24, 2.45) is 4.99 Å². The van der Waals surface area contributed by atoms with E-state index >= 15 is 0 Å². The first kappa shape index (κ1) is 22.4. The first-order valence-corrected chi connectivity index (χ1v) is 10.2. The van der Waals surface area contributed by atoms with Crippen LogP contribution in [0.1, 0.15) is 30.9 Å². The largest absolute Gasteiger partial charge is 0.496 e. The molecule has 2 saturated heterocycles. The molecule has 29 heavy (non-hydrogen) atoms. The molecule has 3 atom stereocenters. The molecule has 2 fully saturated rings. The van der Waals surface area contributed by atoms with E-state index in [-0.39, 0.29) is 42.3 Å². The summed E-state index contributed by atoms with van der Waals surface area (Å²) < 4.78 is 23.3. The van der Waals surface area contributed by atoms with Crippen molar-refractivity contribution in [2.75, 3.05) is 40.5 Å². The van der Waals surface area contributed by atoms with Gasteiger partial charge in [-0.3, -0.25) is 4.99 Å². The van der Waals surface area contributed by atoms with Crippen molar-refractivity contribution in [3.63, 3.8) is 0 Å². The first-order chi connectivity index (χ1) is 13.7. The SMILES string of the molecule is CN=C(NCc1cc2c(cc1OC)CC(C)O2)N1CCOC(C2CCCO2)C1.I. The highest BCUT2D eigenvalue weighted by Crippen LogP contribution is 2.35. The van der Waals surface area contributed by atoms with Gasteiger partial charge in [-0.15, -0.1) is 24.0 Å². The second-order valence-corrected chi connectivity index (χ2v) is 7.71. The average molecular weight is 517 g/mol. The van der Waals surface area contributed by atoms with Crippen LogP contribution in [-0.2, 0) is 22.4 Å². The summed E-state index contributed by atoms with van der Waals surface area (Å²) in [6.45, 7) is 5.88. The van der Waals surface area contributed by atoms with Crippen molar-refractivity contribution < 1.29 is 18.9 Å². The highest BCUT2D eigenvalue weighted by atomic mass is 127. The molecule has 7 nitrogen and oxygen atoms in total. The molecule has 0 radical (unpaired) electrons. The lowest BCUT2D eigenvalue weighted by Crippen LogP contribution is -2.53. The number of guanidine groups is 1. The maximum atomic E-state index is 5.96. The Bertz CT molecular complexity index is 724. The van der Waals surface area contributed by atoms with E-state index in [0.717, 1.165) is 62.0 Å². The lowest BCUT2D eigenvalue weighted by Gasteiger charge is -2.37. The molecule has 3 unspecified atom stereocenters. The fraction of sp³-hybridized carbons (Fsp3) is 0.667. The van der Waals surface area contributed by atoms with Crippen molar-refractivity contribution in [1.82, 2.24) is 10.2 Å². The van der Waals surface area contributed by atoms with E-state index < -0.39 is 0 Å². The lowest BCUT2D eigenvalue weighted by molar-refractivity contribution is -0.0817. The van der Waals surface area contributed by atoms with Gasteiger partial charge in [0.25, 0.3) is 0 Å². The molecule has 0 aliphatic carbocycles. The molecular weight excluding hydrogens is 485 g/mol. The van der Waals surface area contributed by atoms with Gasteiger partial charge in [-0.25, -0.2) is 0 Å². The van der Waals surface area contributed by atoms with Crippen LogP contribution in [0.2, 0.25) is 0 Å². The van der Waals surface area contributed by atoms with Crippen LogP contribution in [-0.4, -0.2) is 69.6 Å².